The predicted octanol–water partition coefficient (Wildman–Crippen LogP) is 1.30. The van der Waals surface area contributed by atoms with Crippen LogP contribution in [0.5, 0.6) is 11.5 Å². The smallest absolute Gasteiger partial charge is 0.151 e. The number of rotatable bonds is 4. The van der Waals surface area contributed by atoms with Gasteiger partial charge in [-0.05, 0) is 25.5 Å². The van der Waals surface area contributed by atoms with Crippen LogP contribution in [0.1, 0.15) is 24.5 Å². The molecule has 6 heteroatoms. The van der Waals surface area contributed by atoms with Gasteiger partial charge in [-0.15, -0.1) is 0 Å². The topological polar surface area (TPSA) is 64.6 Å². The van der Waals surface area contributed by atoms with Gasteiger partial charge in [0.15, 0.2) is 9.84 Å². The van der Waals surface area contributed by atoms with Gasteiger partial charge in [0, 0.05) is 30.1 Å². The van der Waals surface area contributed by atoms with E-state index in [2.05, 4.69) is 5.32 Å². The molecule has 0 unspecified atom stereocenters. The summed E-state index contributed by atoms with van der Waals surface area (Å²) in [6, 6.07) is 4.07. The molecule has 1 saturated heterocycles. The molecule has 5 nitrogen and oxygen atoms in total. The van der Waals surface area contributed by atoms with Crippen molar-refractivity contribution in [2.45, 2.75) is 38.5 Å². The summed E-state index contributed by atoms with van der Waals surface area (Å²) in [6.07, 6.45) is 1.79. The first kappa shape index (κ1) is 14.7. The second-order valence-electron chi connectivity index (χ2n) is 5.89. The first-order chi connectivity index (χ1) is 9.97. The molecule has 0 radical (unpaired) electrons. The number of benzene rings is 1. The van der Waals surface area contributed by atoms with Gasteiger partial charge in [0.25, 0.3) is 0 Å². The van der Waals surface area contributed by atoms with E-state index in [0.717, 1.165) is 23.5 Å². The molecule has 0 aromatic heterocycles. The Balaban J connectivity index is 1.72. The molecule has 0 bridgehead atoms. The van der Waals surface area contributed by atoms with Crippen molar-refractivity contribution < 1.29 is 17.9 Å². The fourth-order valence-electron chi connectivity index (χ4n) is 3.02. The molecular weight excluding hydrogens is 290 g/mol. The first-order valence-corrected chi connectivity index (χ1v) is 9.09. The summed E-state index contributed by atoms with van der Waals surface area (Å²) < 4.78 is 34.2. The molecule has 1 aromatic rings. The van der Waals surface area contributed by atoms with Crippen LogP contribution in [-0.2, 0) is 22.8 Å². The highest BCUT2D eigenvalue weighted by Crippen LogP contribution is 2.35. The van der Waals surface area contributed by atoms with Gasteiger partial charge in [-0.1, -0.05) is 0 Å². The van der Waals surface area contributed by atoms with E-state index in [1.54, 1.807) is 7.11 Å². The summed E-state index contributed by atoms with van der Waals surface area (Å²) in [5.74, 6) is 2.26. The number of nitrogens with one attached hydrogen (secondary N) is 1. The molecule has 0 amide bonds. The summed E-state index contributed by atoms with van der Waals surface area (Å²) in [6.45, 7) is 2.64. The molecule has 1 aromatic carbocycles. The number of hydrogen-bond donors (Lipinski definition) is 1. The van der Waals surface area contributed by atoms with Gasteiger partial charge in [-0.2, -0.15) is 0 Å². The van der Waals surface area contributed by atoms with E-state index in [1.807, 2.05) is 19.1 Å². The summed E-state index contributed by atoms with van der Waals surface area (Å²) in [5, 5.41) is 3.32. The molecule has 21 heavy (non-hydrogen) atoms. The van der Waals surface area contributed by atoms with Gasteiger partial charge < -0.3 is 14.8 Å². The van der Waals surface area contributed by atoms with Gasteiger partial charge in [0.1, 0.15) is 17.6 Å². The Kier molecular flexibility index (Phi) is 3.84. The Morgan fingerprint density at radius 2 is 2.24 bits per heavy atom. The van der Waals surface area contributed by atoms with Crippen LogP contribution in [-0.4, -0.2) is 39.2 Å². The average Bonchev–Trinajstić information content (AvgIpc) is 2.95. The van der Waals surface area contributed by atoms with Crippen LogP contribution in [0.25, 0.3) is 0 Å². The largest absolute Gasteiger partial charge is 0.496 e. The third kappa shape index (κ3) is 3.16. The lowest BCUT2D eigenvalue weighted by Gasteiger charge is -2.14. The molecule has 2 atom stereocenters. The van der Waals surface area contributed by atoms with E-state index in [-0.39, 0.29) is 23.7 Å². The molecule has 0 spiro atoms. The monoisotopic (exact) mass is 311 g/mol. The summed E-state index contributed by atoms with van der Waals surface area (Å²) >= 11 is 0. The van der Waals surface area contributed by atoms with Crippen molar-refractivity contribution in [3.05, 3.63) is 23.3 Å². The van der Waals surface area contributed by atoms with Gasteiger partial charge in [-0.3, -0.25) is 0 Å². The number of fused-ring (bicyclic) bond motifs is 1. The van der Waals surface area contributed by atoms with Crippen molar-refractivity contribution in [2.24, 2.45) is 0 Å². The molecule has 2 aliphatic rings. The number of sulfone groups is 1. The highest BCUT2D eigenvalue weighted by atomic mass is 32.2. The number of methoxy groups -OCH3 is 1. The van der Waals surface area contributed by atoms with Crippen LogP contribution in [0.4, 0.5) is 0 Å². The van der Waals surface area contributed by atoms with Crippen LogP contribution < -0.4 is 14.8 Å². The van der Waals surface area contributed by atoms with E-state index in [4.69, 9.17) is 9.47 Å². The van der Waals surface area contributed by atoms with Crippen molar-refractivity contribution in [1.29, 1.82) is 0 Å². The lowest BCUT2D eigenvalue weighted by atomic mass is 10.1. The maximum Gasteiger partial charge on any atom is 0.151 e. The normalized spacial score (nSPS) is 26.4. The van der Waals surface area contributed by atoms with E-state index in [0.29, 0.717) is 13.0 Å². The van der Waals surface area contributed by atoms with Crippen molar-refractivity contribution in [2.75, 3.05) is 18.6 Å². The summed E-state index contributed by atoms with van der Waals surface area (Å²) in [5.41, 5.74) is 2.18. The molecule has 0 saturated carbocycles. The zero-order valence-electron chi connectivity index (χ0n) is 12.4. The standard InChI is InChI=1S/C15H21NO4S/c1-10-5-11-6-14(19-2)12(7-15(11)20-10)8-16-13-3-4-21(17,18)9-13/h6-7,10,13,16H,3-5,8-9H2,1-2H3/t10-,13-/m0/s1. The fraction of sp³-hybridized carbons (Fsp3) is 0.600. The Labute approximate surface area is 125 Å². The summed E-state index contributed by atoms with van der Waals surface area (Å²) in [4.78, 5) is 0. The highest BCUT2D eigenvalue weighted by Gasteiger charge is 2.28. The zero-order valence-corrected chi connectivity index (χ0v) is 13.2. The predicted molar refractivity (Wildman–Crippen MR) is 80.7 cm³/mol. The molecule has 116 valence electrons. The van der Waals surface area contributed by atoms with Crippen molar-refractivity contribution in [3.8, 4) is 11.5 Å². The first-order valence-electron chi connectivity index (χ1n) is 7.27. The van der Waals surface area contributed by atoms with Gasteiger partial charge in [0.05, 0.1) is 18.6 Å². The zero-order chi connectivity index (χ0) is 15.0. The molecule has 1 N–H and O–H groups in total. The highest BCUT2D eigenvalue weighted by molar-refractivity contribution is 7.91. The molecule has 1 fully saturated rings. The maximum absolute atomic E-state index is 11.5. The van der Waals surface area contributed by atoms with E-state index in [9.17, 15) is 8.42 Å². The van der Waals surface area contributed by atoms with Crippen molar-refractivity contribution in [3.63, 3.8) is 0 Å². The molecule has 3 rings (SSSR count). The Hall–Kier alpha value is -1.27. The molecule has 2 heterocycles. The molecule has 0 aliphatic carbocycles. The summed E-state index contributed by atoms with van der Waals surface area (Å²) in [7, 11) is -1.19. The SMILES string of the molecule is COc1cc2c(cc1CN[C@H]1CCS(=O)(=O)C1)O[C@@H](C)C2. The lowest BCUT2D eigenvalue weighted by Crippen LogP contribution is -2.29. The molecular formula is C15H21NO4S. The minimum atomic E-state index is -2.85. The van der Waals surface area contributed by atoms with Crippen LogP contribution in [0, 0.1) is 0 Å². The van der Waals surface area contributed by atoms with E-state index >= 15 is 0 Å². The van der Waals surface area contributed by atoms with Crippen molar-refractivity contribution in [1.82, 2.24) is 5.32 Å². The Morgan fingerprint density at radius 1 is 1.43 bits per heavy atom. The van der Waals surface area contributed by atoms with Gasteiger partial charge in [-0.25, -0.2) is 8.42 Å². The van der Waals surface area contributed by atoms with Crippen LogP contribution >= 0.6 is 0 Å². The Bertz CT molecular complexity index is 641. The van der Waals surface area contributed by atoms with Crippen molar-refractivity contribution >= 4 is 9.84 Å². The molecule has 2 aliphatic heterocycles. The minimum Gasteiger partial charge on any atom is -0.496 e. The quantitative estimate of drug-likeness (QED) is 0.908. The van der Waals surface area contributed by atoms with E-state index in [1.165, 1.54) is 5.56 Å². The number of hydrogen-bond acceptors (Lipinski definition) is 5. The fourth-order valence-corrected chi connectivity index (χ4v) is 4.73. The third-order valence-corrected chi connectivity index (χ3v) is 5.88. The third-order valence-electron chi connectivity index (χ3n) is 4.11. The number of ether oxygens (including phenoxy) is 2. The van der Waals surface area contributed by atoms with Crippen LogP contribution in [0.15, 0.2) is 12.1 Å². The minimum absolute atomic E-state index is 0.0350. The van der Waals surface area contributed by atoms with E-state index < -0.39 is 9.84 Å². The van der Waals surface area contributed by atoms with Crippen LogP contribution in [0.2, 0.25) is 0 Å². The van der Waals surface area contributed by atoms with Gasteiger partial charge in [0.2, 0.25) is 0 Å². The maximum atomic E-state index is 11.5. The second-order valence-corrected chi connectivity index (χ2v) is 8.11. The van der Waals surface area contributed by atoms with Gasteiger partial charge >= 0.3 is 0 Å². The lowest BCUT2D eigenvalue weighted by molar-refractivity contribution is 0.254. The van der Waals surface area contributed by atoms with Crippen LogP contribution in [0.3, 0.4) is 0 Å². The second kappa shape index (κ2) is 5.50. The average molecular weight is 311 g/mol. The Morgan fingerprint density at radius 3 is 2.90 bits per heavy atom.